The molecule has 5 aromatic carbocycles. The standard InChI is InChI=1S/C28H20N4O6S/c33-28(34)23-11-5-6-12-25(23)31-39(37,38)20-13-14-26(27(16-20)32(35)36)30-29-17-24-21-9-3-1-7-18(21)15-19-8-2-4-10-22(19)24/h1-17,30-31H,(H,33,34)/b29-17+. The van der Waals surface area contributed by atoms with E-state index in [0.717, 1.165) is 33.2 Å². The van der Waals surface area contributed by atoms with Crippen molar-refractivity contribution in [3.63, 3.8) is 0 Å². The van der Waals surface area contributed by atoms with Crippen molar-refractivity contribution in [3.8, 4) is 0 Å². The molecule has 0 aliphatic rings. The van der Waals surface area contributed by atoms with Gasteiger partial charge in [0.25, 0.3) is 15.7 Å². The second kappa shape index (κ2) is 10.2. The van der Waals surface area contributed by atoms with E-state index >= 15 is 0 Å². The zero-order valence-electron chi connectivity index (χ0n) is 20.1. The highest BCUT2D eigenvalue weighted by atomic mass is 32.2. The van der Waals surface area contributed by atoms with E-state index < -0.39 is 31.5 Å². The molecule has 3 N–H and O–H groups in total. The third-order valence-electron chi connectivity index (χ3n) is 6.07. The fourth-order valence-electron chi connectivity index (χ4n) is 4.24. The molecule has 0 fully saturated rings. The first-order valence-corrected chi connectivity index (χ1v) is 13.1. The van der Waals surface area contributed by atoms with Crippen LogP contribution in [0.2, 0.25) is 0 Å². The second-order valence-electron chi connectivity index (χ2n) is 8.49. The smallest absolute Gasteiger partial charge is 0.337 e. The summed E-state index contributed by atoms with van der Waals surface area (Å²) in [6.45, 7) is 0. The average molecular weight is 541 g/mol. The quantitative estimate of drug-likeness (QED) is 0.0967. The SMILES string of the molecule is O=C(O)c1ccccc1NS(=O)(=O)c1ccc(N/N=C/c2c3ccccc3cc3ccccc23)c([N+](=O)[O-])c1. The van der Waals surface area contributed by atoms with Crippen LogP contribution in [0.1, 0.15) is 15.9 Å². The number of carboxylic acid groups (broad SMARTS) is 1. The van der Waals surface area contributed by atoms with E-state index in [1.165, 1.54) is 36.4 Å². The summed E-state index contributed by atoms with van der Waals surface area (Å²) in [6, 6.07) is 26.4. The monoisotopic (exact) mass is 540 g/mol. The van der Waals surface area contributed by atoms with Crippen molar-refractivity contribution in [2.45, 2.75) is 4.90 Å². The zero-order chi connectivity index (χ0) is 27.6. The molecule has 194 valence electrons. The van der Waals surface area contributed by atoms with E-state index in [9.17, 15) is 28.4 Å². The normalized spacial score (nSPS) is 11.6. The Morgan fingerprint density at radius 1 is 0.846 bits per heavy atom. The Balaban J connectivity index is 1.47. The molecule has 5 aromatic rings. The maximum Gasteiger partial charge on any atom is 0.337 e. The number of aromatic carboxylic acids is 1. The minimum absolute atomic E-state index is 0.0225. The minimum Gasteiger partial charge on any atom is -0.478 e. The fourth-order valence-corrected chi connectivity index (χ4v) is 5.34. The minimum atomic E-state index is -4.34. The third kappa shape index (κ3) is 5.11. The number of benzene rings is 5. The number of nitrogens with zero attached hydrogens (tertiary/aromatic N) is 2. The van der Waals surface area contributed by atoms with Gasteiger partial charge >= 0.3 is 5.97 Å². The molecule has 0 amide bonds. The van der Waals surface area contributed by atoms with Gasteiger partial charge in [0.15, 0.2) is 0 Å². The van der Waals surface area contributed by atoms with Crippen LogP contribution in [0.3, 0.4) is 0 Å². The highest BCUT2D eigenvalue weighted by Gasteiger charge is 2.23. The number of carboxylic acids is 1. The Hall–Kier alpha value is -5.29. The van der Waals surface area contributed by atoms with Gasteiger partial charge in [-0.2, -0.15) is 5.10 Å². The van der Waals surface area contributed by atoms with Crippen molar-refractivity contribution in [2.24, 2.45) is 5.10 Å². The van der Waals surface area contributed by atoms with Gasteiger partial charge in [-0.3, -0.25) is 20.3 Å². The van der Waals surface area contributed by atoms with Crippen molar-refractivity contribution in [1.29, 1.82) is 0 Å². The Bertz CT molecular complexity index is 1850. The Kier molecular flexibility index (Phi) is 6.65. The van der Waals surface area contributed by atoms with E-state index in [1.54, 1.807) is 6.21 Å². The van der Waals surface area contributed by atoms with Crippen molar-refractivity contribution in [3.05, 3.63) is 118 Å². The summed E-state index contributed by atoms with van der Waals surface area (Å²) >= 11 is 0. The molecule has 0 bridgehead atoms. The van der Waals surface area contributed by atoms with Crippen LogP contribution in [0.25, 0.3) is 21.5 Å². The number of carbonyl (C=O) groups is 1. The lowest BCUT2D eigenvalue weighted by molar-refractivity contribution is -0.384. The number of hydrazone groups is 1. The van der Waals surface area contributed by atoms with Gasteiger partial charge < -0.3 is 5.11 Å². The summed E-state index contributed by atoms with van der Waals surface area (Å²) in [5, 5.41) is 29.3. The van der Waals surface area contributed by atoms with Crippen LogP contribution in [-0.4, -0.2) is 30.6 Å². The Morgan fingerprint density at radius 3 is 2.10 bits per heavy atom. The van der Waals surface area contributed by atoms with Gasteiger partial charge in [0.05, 0.1) is 27.3 Å². The predicted octanol–water partition coefficient (Wildman–Crippen LogP) is 5.85. The highest BCUT2D eigenvalue weighted by molar-refractivity contribution is 7.92. The number of sulfonamides is 1. The number of nitro groups is 1. The number of rotatable bonds is 8. The lowest BCUT2D eigenvalue weighted by atomic mass is 9.97. The van der Waals surface area contributed by atoms with Gasteiger partial charge in [0.2, 0.25) is 0 Å². The maximum absolute atomic E-state index is 12.9. The van der Waals surface area contributed by atoms with Crippen molar-refractivity contribution >= 4 is 60.8 Å². The van der Waals surface area contributed by atoms with Gasteiger partial charge in [0.1, 0.15) is 5.69 Å². The molecule has 0 radical (unpaired) electrons. The average Bonchev–Trinajstić information content (AvgIpc) is 2.92. The van der Waals surface area contributed by atoms with E-state index in [-0.39, 0.29) is 16.9 Å². The molecule has 0 unspecified atom stereocenters. The molecule has 0 atom stereocenters. The van der Waals surface area contributed by atoms with E-state index in [2.05, 4.69) is 21.3 Å². The molecule has 11 heteroatoms. The van der Waals surface area contributed by atoms with Gasteiger partial charge in [-0.15, -0.1) is 0 Å². The number of fused-ring (bicyclic) bond motifs is 2. The summed E-state index contributed by atoms with van der Waals surface area (Å²) in [6.07, 6.45) is 1.57. The van der Waals surface area contributed by atoms with Crippen LogP contribution >= 0.6 is 0 Å². The topological polar surface area (TPSA) is 151 Å². The lowest BCUT2D eigenvalue weighted by Crippen LogP contribution is -2.16. The van der Waals surface area contributed by atoms with Gasteiger partial charge in [-0.05, 0) is 51.9 Å². The first-order valence-electron chi connectivity index (χ1n) is 11.6. The van der Waals surface area contributed by atoms with E-state index in [0.29, 0.717) is 0 Å². The van der Waals surface area contributed by atoms with Crippen LogP contribution in [0.4, 0.5) is 17.1 Å². The number of nitrogens with one attached hydrogen (secondary N) is 2. The first-order chi connectivity index (χ1) is 18.7. The number of anilines is 2. The van der Waals surface area contributed by atoms with Crippen LogP contribution in [0.5, 0.6) is 0 Å². The molecular formula is C28H20N4O6S. The second-order valence-corrected chi connectivity index (χ2v) is 10.2. The highest BCUT2D eigenvalue weighted by Crippen LogP contribution is 2.30. The van der Waals surface area contributed by atoms with Gasteiger partial charge in [-0.1, -0.05) is 60.7 Å². The molecule has 10 nitrogen and oxygen atoms in total. The lowest BCUT2D eigenvalue weighted by Gasteiger charge is -2.11. The van der Waals surface area contributed by atoms with Crippen molar-refractivity contribution in [2.75, 3.05) is 10.1 Å². The molecule has 0 aliphatic heterocycles. The molecule has 39 heavy (non-hydrogen) atoms. The Labute approximate surface area is 222 Å². The largest absolute Gasteiger partial charge is 0.478 e. The molecule has 0 saturated carbocycles. The first kappa shape index (κ1) is 25.4. The fraction of sp³-hybridized carbons (Fsp3) is 0. The summed E-state index contributed by atoms with van der Waals surface area (Å²) in [7, 11) is -4.34. The number of para-hydroxylation sites is 1. The number of hydrogen-bond acceptors (Lipinski definition) is 7. The van der Waals surface area contributed by atoms with Gasteiger partial charge in [-0.25, -0.2) is 13.2 Å². The molecule has 0 heterocycles. The van der Waals surface area contributed by atoms with Gasteiger partial charge in [0, 0.05) is 11.6 Å². The molecule has 0 saturated heterocycles. The summed E-state index contributed by atoms with van der Waals surface area (Å²) in [5.41, 5.74) is 2.51. The van der Waals surface area contributed by atoms with Crippen LogP contribution < -0.4 is 10.1 Å². The summed E-state index contributed by atoms with van der Waals surface area (Å²) < 4.78 is 28.1. The molecular weight excluding hydrogens is 520 g/mol. The Morgan fingerprint density at radius 2 is 1.46 bits per heavy atom. The van der Waals surface area contributed by atoms with Crippen molar-refractivity contribution < 1.29 is 23.2 Å². The molecule has 0 aliphatic carbocycles. The summed E-state index contributed by atoms with van der Waals surface area (Å²) in [5.74, 6) is -1.32. The van der Waals surface area contributed by atoms with Crippen LogP contribution in [0.15, 0.2) is 107 Å². The zero-order valence-corrected chi connectivity index (χ0v) is 20.9. The van der Waals surface area contributed by atoms with E-state index in [1.807, 2.05) is 48.5 Å². The maximum atomic E-state index is 12.9. The van der Waals surface area contributed by atoms with Crippen molar-refractivity contribution in [1.82, 2.24) is 0 Å². The van der Waals surface area contributed by atoms with E-state index in [4.69, 9.17) is 0 Å². The molecule has 5 rings (SSSR count). The predicted molar refractivity (Wildman–Crippen MR) is 150 cm³/mol. The summed E-state index contributed by atoms with van der Waals surface area (Å²) in [4.78, 5) is 22.1. The van der Waals surface area contributed by atoms with Crippen LogP contribution in [0, 0.1) is 10.1 Å². The third-order valence-corrected chi connectivity index (χ3v) is 7.43. The van der Waals surface area contributed by atoms with Crippen LogP contribution in [-0.2, 0) is 10.0 Å². The molecule has 0 aromatic heterocycles. The molecule has 0 spiro atoms. The number of nitro benzene ring substituents is 1. The number of hydrogen-bond donors (Lipinski definition) is 3.